The topological polar surface area (TPSA) is 49.9 Å². The molecule has 3 heterocycles. The largest absolute Gasteiger partial charge is 0.378 e. The lowest BCUT2D eigenvalue weighted by Crippen LogP contribution is -2.47. The van der Waals surface area contributed by atoms with Crippen molar-refractivity contribution in [1.82, 2.24) is 9.80 Å². The van der Waals surface area contributed by atoms with E-state index >= 15 is 0 Å². The highest BCUT2D eigenvalue weighted by molar-refractivity contribution is 7.10. The Morgan fingerprint density at radius 1 is 1.14 bits per heavy atom. The summed E-state index contributed by atoms with van der Waals surface area (Å²) in [6.45, 7) is 4.09. The van der Waals surface area contributed by atoms with Gasteiger partial charge in [0.25, 0.3) is 0 Å². The summed E-state index contributed by atoms with van der Waals surface area (Å²) >= 11 is 1.62. The minimum atomic E-state index is 0.0730. The number of hydrogen-bond donors (Lipinski definition) is 0. The second-order valence-corrected chi connectivity index (χ2v) is 6.88. The maximum Gasteiger partial charge on any atom is 0.227 e. The van der Waals surface area contributed by atoms with Crippen LogP contribution in [0.2, 0.25) is 0 Å². The van der Waals surface area contributed by atoms with Crippen LogP contribution in [0.3, 0.4) is 0 Å². The molecule has 22 heavy (non-hydrogen) atoms. The van der Waals surface area contributed by atoms with Crippen molar-refractivity contribution in [2.45, 2.75) is 19.3 Å². The Hall–Kier alpha value is -1.40. The molecule has 0 radical (unpaired) electrons. The zero-order valence-electron chi connectivity index (χ0n) is 12.7. The molecule has 1 aromatic rings. The van der Waals surface area contributed by atoms with E-state index in [-0.39, 0.29) is 17.7 Å². The van der Waals surface area contributed by atoms with Gasteiger partial charge in [-0.25, -0.2) is 0 Å². The Morgan fingerprint density at radius 2 is 1.86 bits per heavy atom. The van der Waals surface area contributed by atoms with Crippen LogP contribution < -0.4 is 0 Å². The van der Waals surface area contributed by atoms with Gasteiger partial charge in [0.1, 0.15) is 0 Å². The van der Waals surface area contributed by atoms with E-state index in [1.54, 1.807) is 11.3 Å². The van der Waals surface area contributed by atoms with Crippen LogP contribution in [0.5, 0.6) is 0 Å². The summed E-state index contributed by atoms with van der Waals surface area (Å²) in [4.78, 5) is 29.6. The lowest BCUT2D eigenvalue weighted by molar-refractivity contribution is -0.143. The molecule has 0 N–H and O–H groups in total. The average molecular weight is 322 g/mol. The van der Waals surface area contributed by atoms with Gasteiger partial charge in [0.2, 0.25) is 11.8 Å². The highest BCUT2D eigenvalue weighted by Gasteiger charge is 2.30. The van der Waals surface area contributed by atoms with E-state index in [1.807, 2.05) is 27.3 Å². The van der Waals surface area contributed by atoms with Crippen molar-refractivity contribution in [3.05, 3.63) is 22.4 Å². The Labute approximate surface area is 134 Å². The summed E-state index contributed by atoms with van der Waals surface area (Å²) in [5.41, 5.74) is 0. The predicted octanol–water partition coefficient (Wildman–Crippen LogP) is 1.39. The molecule has 0 bridgehead atoms. The summed E-state index contributed by atoms with van der Waals surface area (Å²) in [6.07, 6.45) is 2.05. The monoisotopic (exact) mass is 322 g/mol. The number of piperidine rings is 1. The van der Waals surface area contributed by atoms with Gasteiger partial charge in [0, 0.05) is 37.0 Å². The number of carbonyl (C=O) groups excluding carboxylic acids is 2. The standard InChI is InChI=1S/C16H22N2O3S/c19-15(12-14-2-1-11-22-14)17-5-3-13(4-6-17)16(20)18-7-9-21-10-8-18/h1-2,11,13H,3-10,12H2. The summed E-state index contributed by atoms with van der Waals surface area (Å²) in [5.74, 6) is 0.497. The number of likely N-dealkylation sites (tertiary alicyclic amines) is 1. The van der Waals surface area contributed by atoms with Crippen LogP contribution >= 0.6 is 11.3 Å². The summed E-state index contributed by atoms with van der Waals surface area (Å²) in [5, 5.41) is 2.00. The Morgan fingerprint density at radius 3 is 2.50 bits per heavy atom. The van der Waals surface area contributed by atoms with Crippen molar-refractivity contribution >= 4 is 23.2 Å². The number of morpholine rings is 1. The maximum atomic E-state index is 12.5. The molecule has 5 nitrogen and oxygen atoms in total. The van der Waals surface area contributed by atoms with E-state index in [0.29, 0.717) is 45.8 Å². The number of nitrogens with zero attached hydrogens (tertiary/aromatic N) is 2. The Balaban J connectivity index is 1.47. The quantitative estimate of drug-likeness (QED) is 0.845. The van der Waals surface area contributed by atoms with Gasteiger partial charge in [-0.15, -0.1) is 11.3 Å². The molecule has 0 aromatic carbocycles. The van der Waals surface area contributed by atoms with Gasteiger partial charge < -0.3 is 14.5 Å². The molecule has 0 spiro atoms. The number of hydrogen-bond acceptors (Lipinski definition) is 4. The van der Waals surface area contributed by atoms with E-state index in [1.165, 1.54) is 0 Å². The average Bonchev–Trinajstić information content (AvgIpc) is 3.08. The maximum absolute atomic E-state index is 12.5. The Kier molecular flexibility index (Phi) is 5.10. The zero-order chi connectivity index (χ0) is 15.4. The van der Waals surface area contributed by atoms with Gasteiger partial charge in [-0.1, -0.05) is 6.07 Å². The molecule has 0 saturated carbocycles. The van der Waals surface area contributed by atoms with Gasteiger partial charge >= 0.3 is 0 Å². The fourth-order valence-corrected chi connectivity index (χ4v) is 3.79. The number of thiophene rings is 1. The van der Waals surface area contributed by atoms with Crippen LogP contribution in [0.25, 0.3) is 0 Å². The first kappa shape index (κ1) is 15.5. The smallest absolute Gasteiger partial charge is 0.227 e. The fraction of sp³-hybridized carbons (Fsp3) is 0.625. The van der Waals surface area contributed by atoms with Crippen LogP contribution in [-0.2, 0) is 20.7 Å². The number of amides is 2. The molecule has 2 saturated heterocycles. The zero-order valence-corrected chi connectivity index (χ0v) is 13.5. The predicted molar refractivity (Wildman–Crippen MR) is 84.7 cm³/mol. The van der Waals surface area contributed by atoms with Crippen molar-refractivity contribution in [1.29, 1.82) is 0 Å². The van der Waals surface area contributed by atoms with Crippen LogP contribution in [0.1, 0.15) is 17.7 Å². The molecule has 2 aliphatic heterocycles. The van der Waals surface area contributed by atoms with Crippen LogP contribution in [0.4, 0.5) is 0 Å². The normalized spacial score (nSPS) is 20.2. The van der Waals surface area contributed by atoms with Gasteiger partial charge in [0.15, 0.2) is 0 Å². The molecule has 0 unspecified atom stereocenters. The van der Waals surface area contributed by atoms with Crippen molar-refractivity contribution in [2.75, 3.05) is 39.4 Å². The number of carbonyl (C=O) groups is 2. The Bertz CT molecular complexity index is 503. The number of ether oxygens (including phenoxy) is 1. The van der Waals surface area contributed by atoms with E-state index in [0.717, 1.165) is 17.7 Å². The van der Waals surface area contributed by atoms with Crippen molar-refractivity contribution < 1.29 is 14.3 Å². The first-order chi connectivity index (χ1) is 10.7. The van der Waals surface area contributed by atoms with Crippen molar-refractivity contribution in [3.8, 4) is 0 Å². The van der Waals surface area contributed by atoms with E-state index in [2.05, 4.69) is 0 Å². The SMILES string of the molecule is O=C(Cc1cccs1)N1CCC(C(=O)N2CCOCC2)CC1. The van der Waals surface area contributed by atoms with Crippen molar-refractivity contribution in [2.24, 2.45) is 5.92 Å². The fourth-order valence-electron chi connectivity index (χ4n) is 3.09. The molecule has 0 atom stereocenters. The lowest BCUT2D eigenvalue weighted by Gasteiger charge is -2.35. The molecular formula is C16H22N2O3S. The van der Waals surface area contributed by atoms with Gasteiger partial charge in [-0.2, -0.15) is 0 Å². The third kappa shape index (κ3) is 3.67. The first-order valence-electron chi connectivity index (χ1n) is 7.91. The molecular weight excluding hydrogens is 300 g/mol. The van der Waals surface area contributed by atoms with Gasteiger partial charge in [0.05, 0.1) is 19.6 Å². The lowest BCUT2D eigenvalue weighted by atomic mass is 9.95. The molecule has 120 valence electrons. The van der Waals surface area contributed by atoms with Crippen LogP contribution in [0, 0.1) is 5.92 Å². The molecule has 3 rings (SSSR count). The van der Waals surface area contributed by atoms with Crippen molar-refractivity contribution in [3.63, 3.8) is 0 Å². The van der Waals surface area contributed by atoms with E-state index in [9.17, 15) is 9.59 Å². The second kappa shape index (κ2) is 7.24. The van der Waals surface area contributed by atoms with E-state index < -0.39 is 0 Å². The summed E-state index contributed by atoms with van der Waals surface area (Å²) < 4.78 is 5.29. The highest BCUT2D eigenvalue weighted by Crippen LogP contribution is 2.21. The molecule has 0 aliphatic carbocycles. The van der Waals surface area contributed by atoms with Gasteiger partial charge in [-0.05, 0) is 24.3 Å². The van der Waals surface area contributed by atoms with Crippen LogP contribution in [-0.4, -0.2) is 61.0 Å². The minimum absolute atomic E-state index is 0.0730. The molecule has 1 aromatic heterocycles. The molecule has 2 aliphatic rings. The third-order valence-electron chi connectivity index (χ3n) is 4.43. The second-order valence-electron chi connectivity index (χ2n) is 5.85. The molecule has 2 fully saturated rings. The minimum Gasteiger partial charge on any atom is -0.378 e. The van der Waals surface area contributed by atoms with E-state index in [4.69, 9.17) is 4.74 Å². The molecule has 6 heteroatoms. The number of rotatable bonds is 3. The first-order valence-corrected chi connectivity index (χ1v) is 8.78. The van der Waals surface area contributed by atoms with Crippen LogP contribution in [0.15, 0.2) is 17.5 Å². The highest BCUT2D eigenvalue weighted by atomic mass is 32.1. The molecule has 2 amide bonds. The summed E-state index contributed by atoms with van der Waals surface area (Å²) in [7, 11) is 0. The summed E-state index contributed by atoms with van der Waals surface area (Å²) in [6, 6.07) is 3.97. The third-order valence-corrected chi connectivity index (χ3v) is 5.30. The van der Waals surface area contributed by atoms with Gasteiger partial charge in [-0.3, -0.25) is 9.59 Å².